The van der Waals surface area contributed by atoms with E-state index in [1.54, 1.807) is 12.1 Å². The molecule has 0 spiro atoms. The summed E-state index contributed by atoms with van der Waals surface area (Å²) < 4.78 is 28.8. The minimum atomic E-state index is -0.408. The molecule has 4 fully saturated rings. The Morgan fingerprint density at radius 1 is 0.792 bits per heavy atom. The minimum absolute atomic E-state index is 0.0729. The van der Waals surface area contributed by atoms with Crippen LogP contribution in [0.3, 0.4) is 0 Å². The first-order valence-electron chi connectivity index (χ1n) is 16.6. The van der Waals surface area contributed by atoms with Gasteiger partial charge in [-0.25, -0.2) is 9.59 Å². The molecule has 8 rings (SSSR count). The number of amides is 1. The average molecular weight is 649 g/mol. The normalized spacial score (nSPS) is 21.0. The van der Waals surface area contributed by atoms with E-state index in [9.17, 15) is 9.59 Å². The lowest BCUT2D eigenvalue weighted by Crippen LogP contribution is -2.52. The van der Waals surface area contributed by atoms with Gasteiger partial charge in [-0.05, 0) is 84.4 Å². The summed E-state index contributed by atoms with van der Waals surface area (Å²) in [5.41, 5.74) is 4.97. The van der Waals surface area contributed by atoms with Crippen LogP contribution in [0.2, 0.25) is 0 Å². The van der Waals surface area contributed by atoms with Gasteiger partial charge in [0.1, 0.15) is 25.1 Å². The number of hydrogen-bond donors (Lipinski definition) is 1. The zero-order valence-electron chi connectivity index (χ0n) is 26.8. The van der Waals surface area contributed by atoms with Crippen LogP contribution in [0, 0.1) is 5.92 Å². The molecule has 48 heavy (non-hydrogen) atoms. The number of fused-ring (bicyclic) bond motifs is 3. The summed E-state index contributed by atoms with van der Waals surface area (Å²) >= 11 is 0. The molecule has 9 heteroatoms. The molecule has 1 N–H and O–H groups in total. The zero-order chi connectivity index (χ0) is 32.7. The fraction of sp³-hybridized carbons (Fsp3) is 0.333. The maximum absolute atomic E-state index is 13.2. The van der Waals surface area contributed by atoms with Crippen LogP contribution in [0.1, 0.15) is 63.3 Å². The number of piperidine rings is 3. The summed E-state index contributed by atoms with van der Waals surface area (Å²) in [5, 5.41) is 3.12. The topological polar surface area (TPSA) is 95.6 Å². The second-order valence-corrected chi connectivity index (χ2v) is 12.5. The van der Waals surface area contributed by atoms with Crippen molar-refractivity contribution in [3.63, 3.8) is 0 Å². The monoisotopic (exact) mass is 648 g/mol. The van der Waals surface area contributed by atoms with Gasteiger partial charge in [-0.3, -0.25) is 4.90 Å². The Hall–Kier alpha value is -4.70. The Kier molecular flexibility index (Phi) is 9.98. The number of carbonyl (C=O) groups excluding carboxylic acids is 2. The van der Waals surface area contributed by atoms with E-state index >= 15 is 0 Å². The van der Waals surface area contributed by atoms with Crippen molar-refractivity contribution in [2.24, 2.45) is 5.92 Å². The van der Waals surface area contributed by atoms with Crippen LogP contribution in [0.25, 0.3) is 0 Å². The molecule has 4 heterocycles. The van der Waals surface area contributed by atoms with Gasteiger partial charge in [-0.15, -0.1) is 0 Å². The van der Waals surface area contributed by atoms with E-state index in [0.29, 0.717) is 37.1 Å². The highest BCUT2D eigenvalue weighted by molar-refractivity contribution is 5.89. The van der Waals surface area contributed by atoms with Gasteiger partial charge in [0.05, 0.1) is 24.8 Å². The molecule has 1 unspecified atom stereocenters. The highest BCUT2D eigenvalue weighted by Gasteiger charge is 2.37. The van der Waals surface area contributed by atoms with Crippen molar-refractivity contribution in [3.05, 3.63) is 137 Å². The Labute approximate surface area is 280 Å². The molecular weight excluding hydrogens is 608 g/mol. The van der Waals surface area contributed by atoms with Gasteiger partial charge >= 0.3 is 12.1 Å². The fourth-order valence-electron chi connectivity index (χ4n) is 6.64. The lowest BCUT2D eigenvalue weighted by molar-refractivity contribution is -0.0442. The van der Waals surface area contributed by atoms with Gasteiger partial charge in [0.25, 0.3) is 0 Å². The number of nitrogens with zero attached hydrogens (tertiary/aromatic N) is 1. The first kappa shape index (κ1) is 31.9. The van der Waals surface area contributed by atoms with Crippen molar-refractivity contribution >= 4 is 12.1 Å². The third-order valence-electron chi connectivity index (χ3n) is 9.25. The second-order valence-electron chi connectivity index (χ2n) is 12.5. The third-order valence-corrected chi connectivity index (χ3v) is 9.25. The highest BCUT2D eigenvalue weighted by Crippen LogP contribution is 2.31. The van der Waals surface area contributed by atoms with Crippen LogP contribution in [-0.2, 0) is 32.2 Å². The molecular formula is C39H40N2O7. The van der Waals surface area contributed by atoms with Crippen molar-refractivity contribution in [2.45, 2.75) is 44.5 Å². The molecule has 0 aromatic heterocycles. The lowest BCUT2D eigenvalue weighted by Gasteiger charge is -2.43. The molecule has 0 radical (unpaired) electrons. The van der Waals surface area contributed by atoms with E-state index in [0.717, 1.165) is 60.3 Å². The van der Waals surface area contributed by atoms with Crippen LogP contribution in [0.4, 0.5) is 4.79 Å². The molecule has 0 aliphatic carbocycles. The van der Waals surface area contributed by atoms with E-state index in [2.05, 4.69) is 10.2 Å². The Morgan fingerprint density at radius 3 is 2.29 bits per heavy atom. The number of rotatable bonds is 11. The molecule has 248 valence electrons. The fourth-order valence-corrected chi connectivity index (χ4v) is 6.64. The van der Waals surface area contributed by atoms with Crippen LogP contribution in [-0.4, -0.2) is 55.9 Å². The molecule has 4 aromatic rings. The first-order valence-corrected chi connectivity index (χ1v) is 16.6. The standard InChI is InChI=1S/C39H40N2O7/c42-37(47-26-28-6-4-10-33(22-28)38-44-20-21-45-38)31-14-12-27(13-15-31)25-46-34-11-5-9-32(23-34)36(30-7-2-1-3-8-30)40-39(43)48-35-24-41-18-16-29(35)17-19-41/h1-15,22-23,29,35-36,38H,16-21,24-26H2,(H,40,43)/t35?,36-/m0/s1. The summed E-state index contributed by atoms with van der Waals surface area (Å²) in [7, 11) is 0. The number of alkyl carbamates (subject to hydrolysis) is 1. The molecule has 1 amide bonds. The van der Waals surface area contributed by atoms with Crippen molar-refractivity contribution < 1.29 is 33.3 Å². The largest absolute Gasteiger partial charge is 0.489 e. The maximum atomic E-state index is 13.2. The Bertz CT molecular complexity index is 1680. The average Bonchev–Trinajstić information content (AvgIpc) is 3.69. The van der Waals surface area contributed by atoms with E-state index in [1.807, 2.05) is 91.0 Å². The first-order chi connectivity index (χ1) is 23.6. The van der Waals surface area contributed by atoms with Crippen molar-refractivity contribution in [3.8, 4) is 5.75 Å². The van der Waals surface area contributed by atoms with Crippen LogP contribution in [0.5, 0.6) is 5.75 Å². The quantitative estimate of drug-likeness (QED) is 0.182. The molecule has 2 atom stereocenters. The Morgan fingerprint density at radius 2 is 1.54 bits per heavy atom. The van der Waals surface area contributed by atoms with Crippen LogP contribution in [0.15, 0.2) is 103 Å². The summed E-state index contributed by atoms with van der Waals surface area (Å²) in [4.78, 5) is 28.3. The van der Waals surface area contributed by atoms with Gasteiger partial charge in [-0.2, -0.15) is 0 Å². The molecule has 4 aliphatic heterocycles. The second kappa shape index (κ2) is 15.0. The minimum Gasteiger partial charge on any atom is -0.489 e. The van der Waals surface area contributed by atoms with E-state index in [4.69, 9.17) is 23.7 Å². The number of carbonyl (C=O) groups is 2. The molecule has 2 bridgehead atoms. The van der Waals surface area contributed by atoms with Gasteiger partial charge in [0, 0.05) is 12.1 Å². The molecule has 4 aromatic carbocycles. The molecule has 0 saturated carbocycles. The highest BCUT2D eigenvalue weighted by atomic mass is 16.7. The number of esters is 1. The summed E-state index contributed by atoms with van der Waals surface area (Å²) in [6.45, 7) is 4.58. The molecule has 9 nitrogen and oxygen atoms in total. The lowest BCUT2D eigenvalue weighted by atomic mass is 9.86. The predicted octanol–water partition coefficient (Wildman–Crippen LogP) is 6.58. The number of benzene rings is 4. The van der Waals surface area contributed by atoms with Crippen molar-refractivity contribution in [1.82, 2.24) is 10.2 Å². The van der Waals surface area contributed by atoms with Crippen LogP contribution < -0.4 is 10.1 Å². The summed E-state index contributed by atoms with van der Waals surface area (Å²) in [5.74, 6) is 0.698. The molecule has 4 aliphatic rings. The van der Waals surface area contributed by atoms with E-state index in [-0.39, 0.29) is 19.0 Å². The smallest absolute Gasteiger partial charge is 0.408 e. The maximum Gasteiger partial charge on any atom is 0.408 e. The number of ether oxygens (including phenoxy) is 5. The van der Waals surface area contributed by atoms with Crippen molar-refractivity contribution in [1.29, 1.82) is 0 Å². The Balaban J connectivity index is 0.948. The molecule has 4 saturated heterocycles. The zero-order valence-corrected chi connectivity index (χ0v) is 26.8. The van der Waals surface area contributed by atoms with E-state index < -0.39 is 18.1 Å². The summed E-state index contributed by atoms with van der Waals surface area (Å²) in [6, 6.07) is 32.1. The predicted molar refractivity (Wildman–Crippen MR) is 178 cm³/mol. The number of hydrogen-bond acceptors (Lipinski definition) is 8. The third kappa shape index (κ3) is 7.87. The van der Waals surface area contributed by atoms with E-state index in [1.165, 1.54) is 0 Å². The van der Waals surface area contributed by atoms with Crippen LogP contribution >= 0.6 is 0 Å². The van der Waals surface area contributed by atoms with Gasteiger partial charge < -0.3 is 29.0 Å². The van der Waals surface area contributed by atoms with Crippen molar-refractivity contribution in [2.75, 3.05) is 32.8 Å². The van der Waals surface area contributed by atoms with Gasteiger partial charge in [0.2, 0.25) is 0 Å². The summed E-state index contributed by atoms with van der Waals surface area (Å²) in [6.07, 6.45) is 1.30. The van der Waals surface area contributed by atoms with Gasteiger partial charge in [-0.1, -0.05) is 72.8 Å². The van der Waals surface area contributed by atoms with Gasteiger partial charge in [0.15, 0.2) is 6.29 Å². The number of nitrogens with one attached hydrogen (secondary N) is 1. The SMILES string of the molecule is O=C(N[C@@H](c1ccccc1)c1cccc(OCc2ccc(C(=O)OCc3cccc(C4OCCO4)c3)cc2)c1)OC1CN2CCC1CC2.